The van der Waals surface area contributed by atoms with Crippen molar-refractivity contribution >= 4 is 41.1 Å². The van der Waals surface area contributed by atoms with Crippen LogP contribution in [-0.2, 0) is 9.53 Å². The Kier molecular flexibility index (Phi) is 6.02. The Balaban J connectivity index is 2.34. The molecule has 2 unspecified atom stereocenters. The summed E-state index contributed by atoms with van der Waals surface area (Å²) in [6, 6.07) is 7.61. The minimum Gasteiger partial charge on any atom is -0.443 e. The lowest BCUT2D eigenvalue weighted by molar-refractivity contribution is -0.121. The second kappa shape index (κ2) is 7.67. The van der Waals surface area contributed by atoms with Crippen molar-refractivity contribution in [1.29, 1.82) is 0 Å². The van der Waals surface area contributed by atoms with Crippen LogP contribution in [0.15, 0.2) is 30.3 Å². The van der Waals surface area contributed by atoms with Gasteiger partial charge in [0.2, 0.25) is 0 Å². The van der Waals surface area contributed by atoms with Crippen LogP contribution in [-0.4, -0.2) is 52.8 Å². The van der Waals surface area contributed by atoms with Crippen molar-refractivity contribution in [2.45, 2.75) is 32.4 Å². The second-order valence-corrected chi connectivity index (χ2v) is 8.21. The third-order valence-corrected chi connectivity index (χ3v) is 5.23. The number of anilines is 1. The zero-order valence-electron chi connectivity index (χ0n) is 14.7. The Bertz CT molecular complexity index is 663. The van der Waals surface area contributed by atoms with E-state index in [0.29, 0.717) is 5.69 Å². The van der Waals surface area contributed by atoms with Gasteiger partial charge in [-0.2, -0.15) is 0 Å². The highest BCUT2D eigenvalue weighted by atomic mass is 32.0. The third-order valence-electron chi connectivity index (χ3n) is 3.61. The summed E-state index contributed by atoms with van der Waals surface area (Å²) < 4.78 is 6.96. The fourth-order valence-electron chi connectivity index (χ4n) is 2.41. The highest BCUT2D eigenvalue weighted by Crippen LogP contribution is 2.33. The molecule has 0 spiro atoms. The average Bonchev–Trinajstić information content (AvgIpc) is 2.82. The van der Waals surface area contributed by atoms with Crippen molar-refractivity contribution in [2.24, 2.45) is 0 Å². The first-order valence-electron chi connectivity index (χ1n) is 7.78. The Morgan fingerprint density at radius 3 is 2.36 bits per heavy atom. The van der Waals surface area contributed by atoms with E-state index in [0.717, 1.165) is 4.90 Å². The van der Waals surface area contributed by atoms with Crippen molar-refractivity contribution in [3.63, 3.8) is 0 Å². The van der Waals surface area contributed by atoms with Gasteiger partial charge in [0.1, 0.15) is 11.6 Å². The molecule has 1 saturated heterocycles. The second-order valence-electron chi connectivity index (χ2n) is 6.64. The van der Waals surface area contributed by atoms with Gasteiger partial charge in [-0.15, -0.1) is 0 Å². The standard InChI is InChI=1S/C16H23N3O4P2/c1-16(2,3)23-15(22)19(11-8-6-5-7-9-11)13(20)12-10-18(25-24)14(21)17(12)4/h5-9,12,25H,10,24H2,1-4H3/t12-/m0/s1. The number of carbonyl (C=O) groups is 3. The van der Waals surface area contributed by atoms with Gasteiger partial charge >= 0.3 is 12.1 Å². The molecular weight excluding hydrogens is 360 g/mol. The molecule has 0 aliphatic carbocycles. The summed E-state index contributed by atoms with van der Waals surface area (Å²) in [4.78, 5) is 40.3. The molecule has 1 aliphatic heterocycles. The molecule has 0 aromatic heterocycles. The summed E-state index contributed by atoms with van der Waals surface area (Å²) in [5, 5.41) is 0. The van der Waals surface area contributed by atoms with Crippen LogP contribution in [0.5, 0.6) is 0 Å². The molecule has 7 nitrogen and oxygen atoms in total. The van der Waals surface area contributed by atoms with Gasteiger partial charge in [0, 0.05) is 7.05 Å². The van der Waals surface area contributed by atoms with E-state index in [1.807, 2.05) is 0 Å². The van der Waals surface area contributed by atoms with Crippen molar-refractivity contribution in [1.82, 2.24) is 9.57 Å². The van der Waals surface area contributed by atoms with E-state index in [-0.39, 0.29) is 21.0 Å². The predicted molar refractivity (Wildman–Crippen MR) is 102 cm³/mol. The molecule has 4 amide bonds. The minimum atomic E-state index is -0.753. The van der Waals surface area contributed by atoms with Crippen LogP contribution < -0.4 is 4.90 Å². The van der Waals surface area contributed by atoms with E-state index in [9.17, 15) is 14.4 Å². The van der Waals surface area contributed by atoms with Crippen molar-refractivity contribution < 1.29 is 19.1 Å². The van der Waals surface area contributed by atoms with Crippen LogP contribution in [0.25, 0.3) is 0 Å². The summed E-state index contributed by atoms with van der Waals surface area (Å²) in [5.41, 5.74) is -0.329. The van der Waals surface area contributed by atoms with E-state index in [4.69, 9.17) is 4.74 Å². The molecule has 0 saturated carbocycles. The van der Waals surface area contributed by atoms with Gasteiger partial charge in [0.25, 0.3) is 5.91 Å². The molecule has 25 heavy (non-hydrogen) atoms. The van der Waals surface area contributed by atoms with Crippen LogP contribution in [0.3, 0.4) is 0 Å². The maximum atomic E-state index is 13.1. The average molecular weight is 383 g/mol. The number of imide groups is 1. The van der Waals surface area contributed by atoms with Gasteiger partial charge in [0.05, 0.1) is 12.2 Å². The molecular formula is C16H23N3O4P2. The van der Waals surface area contributed by atoms with Gasteiger partial charge in [-0.25, -0.2) is 14.5 Å². The first-order valence-corrected chi connectivity index (χ1v) is 10.5. The maximum Gasteiger partial charge on any atom is 0.421 e. The molecule has 9 heteroatoms. The number of urea groups is 1. The number of hydrogen-bond donors (Lipinski definition) is 0. The molecule has 1 aliphatic rings. The van der Waals surface area contributed by atoms with E-state index >= 15 is 0 Å². The summed E-state index contributed by atoms with van der Waals surface area (Å²) >= 11 is 0. The molecule has 1 aromatic carbocycles. The molecule has 0 bridgehead atoms. The zero-order valence-corrected chi connectivity index (χ0v) is 16.9. The van der Waals surface area contributed by atoms with E-state index < -0.39 is 23.6 Å². The highest BCUT2D eigenvalue weighted by Gasteiger charge is 2.43. The molecule has 136 valence electrons. The predicted octanol–water partition coefficient (Wildman–Crippen LogP) is 3.07. The first-order chi connectivity index (χ1) is 11.7. The Morgan fingerprint density at radius 1 is 1.28 bits per heavy atom. The molecule has 1 aromatic rings. The van der Waals surface area contributed by atoms with E-state index in [1.165, 1.54) is 4.90 Å². The van der Waals surface area contributed by atoms with Crippen LogP contribution in [0.4, 0.5) is 15.3 Å². The summed E-state index contributed by atoms with van der Waals surface area (Å²) in [5.74, 6) is -0.484. The normalized spacial score (nSPS) is 18.1. The van der Waals surface area contributed by atoms with Gasteiger partial charge in [0.15, 0.2) is 0 Å². The van der Waals surface area contributed by atoms with E-state index in [1.54, 1.807) is 62.8 Å². The van der Waals surface area contributed by atoms with Crippen LogP contribution in [0.2, 0.25) is 0 Å². The number of para-hydroxylation sites is 1. The largest absolute Gasteiger partial charge is 0.443 e. The van der Waals surface area contributed by atoms with Crippen LogP contribution in [0.1, 0.15) is 20.8 Å². The van der Waals surface area contributed by atoms with E-state index in [2.05, 4.69) is 8.93 Å². The number of amides is 4. The number of hydrogen-bond acceptors (Lipinski definition) is 4. The number of ether oxygens (including phenoxy) is 1. The Labute approximate surface area is 151 Å². The SMILES string of the molecule is CN1C(=O)N(PP)C[C@H]1C(=O)N(C(=O)OC(C)(C)C)c1ccccc1. The summed E-state index contributed by atoms with van der Waals surface area (Å²) in [6.45, 7) is 5.45. The lowest BCUT2D eigenvalue weighted by atomic mass is 10.2. The molecule has 0 N–H and O–H groups in total. The fourth-order valence-corrected chi connectivity index (χ4v) is 3.60. The Hall–Kier alpha value is -1.71. The van der Waals surface area contributed by atoms with Gasteiger partial charge in [-0.3, -0.25) is 4.79 Å². The van der Waals surface area contributed by atoms with Gasteiger partial charge < -0.3 is 14.3 Å². The molecule has 1 fully saturated rings. The summed E-state index contributed by atoms with van der Waals surface area (Å²) in [7, 11) is 4.23. The smallest absolute Gasteiger partial charge is 0.421 e. The number of benzene rings is 1. The lowest BCUT2D eigenvalue weighted by Gasteiger charge is -2.29. The van der Waals surface area contributed by atoms with Crippen molar-refractivity contribution in [3.05, 3.63) is 30.3 Å². The molecule has 1 heterocycles. The maximum absolute atomic E-state index is 13.1. The lowest BCUT2D eigenvalue weighted by Crippen LogP contribution is -2.50. The van der Waals surface area contributed by atoms with Gasteiger partial charge in [-0.05, 0) is 41.3 Å². The third kappa shape index (κ3) is 4.47. The number of rotatable bonds is 3. The minimum absolute atomic E-state index is 0.174. The van der Waals surface area contributed by atoms with Crippen molar-refractivity contribution in [2.75, 3.05) is 18.5 Å². The van der Waals surface area contributed by atoms with Crippen LogP contribution in [0, 0.1) is 0 Å². The number of likely N-dealkylation sites (N-methyl/N-ethyl adjacent to an activating group) is 1. The highest BCUT2D eigenvalue weighted by molar-refractivity contribution is 8.01. The topological polar surface area (TPSA) is 70.2 Å². The molecule has 3 atom stereocenters. The van der Waals surface area contributed by atoms with Crippen molar-refractivity contribution in [3.8, 4) is 0 Å². The quantitative estimate of drug-likeness (QED) is 0.753. The zero-order chi connectivity index (χ0) is 18.8. The fraction of sp³-hybridized carbons (Fsp3) is 0.438. The summed E-state index contributed by atoms with van der Waals surface area (Å²) in [6.07, 6.45) is -0.753. The molecule has 0 radical (unpaired) electrons. The Morgan fingerprint density at radius 2 is 1.88 bits per heavy atom. The molecule has 2 rings (SSSR count). The number of nitrogens with zero attached hydrogens (tertiary/aromatic N) is 3. The van der Waals surface area contributed by atoms with Gasteiger partial charge in [-0.1, -0.05) is 27.1 Å². The number of carbonyl (C=O) groups excluding carboxylic acids is 3. The van der Waals surface area contributed by atoms with Crippen LogP contribution >= 0.6 is 17.3 Å². The first kappa shape index (κ1) is 19.6. The monoisotopic (exact) mass is 383 g/mol.